The first-order valence-electron chi connectivity index (χ1n) is 8.78. The SMILES string of the molecule is CCNC(=O)C(=O)N/N=C\c1ccc(OCc2ccc(Cl)cc2)c(OCC)c1. The van der Waals surface area contributed by atoms with Gasteiger partial charge in [-0.3, -0.25) is 9.59 Å². The topological polar surface area (TPSA) is 89.0 Å². The molecule has 8 heteroatoms. The highest BCUT2D eigenvalue weighted by Gasteiger charge is 2.10. The van der Waals surface area contributed by atoms with Crippen LogP contribution in [0.3, 0.4) is 0 Å². The number of nitrogens with one attached hydrogen (secondary N) is 2. The summed E-state index contributed by atoms with van der Waals surface area (Å²) in [4.78, 5) is 22.8. The summed E-state index contributed by atoms with van der Waals surface area (Å²) in [6, 6.07) is 12.6. The molecule has 0 saturated heterocycles. The number of nitrogens with zero attached hydrogens (tertiary/aromatic N) is 1. The van der Waals surface area contributed by atoms with Crippen molar-refractivity contribution in [3.05, 3.63) is 58.6 Å². The fraction of sp³-hybridized carbons (Fsp3) is 0.250. The number of carbonyl (C=O) groups excluding carboxylic acids is 2. The molecule has 0 radical (unpaired) electrons. The Balaban J connectivity index is 2.02. The molecule has 0 aliphatic rings. The van der Waals surface area contributed by atoms with Crippen LogP contribution in [0, 0.1) is 0 Å². The van der Waals surface area contributed by atoms with Crippen LogP contribution in [-0.2, 0) is 16.2 Å². The summed E-state index contributed by atoms with van der Waals surface area (Å²) in [6.07, 6.45) is 1.42. The molecular formula is C20H22ClN3O4. The van der Waals surface area contributed by atoms with Crippen LogP contribution in [0.4, 0.5) is 0 Å². The van der Waals surface area contributed by atoms with E-state index in [0.29, 0.717) is 41.8 Å². The smallest absolute Gasteiger partial charge is 0.329 e. The van der Waals surface area contributed by atoms with Crippen molar-refractivity contribution in [3.63, 3.8) is 0 Å². The number of likely N-dealkylation sites (N-methyl/N-ethyl adjacent to an activating group) is 1. The Morgan fingerprint density at radius 1 is 1.04 bits per heavy atom. The molecular weight excluding hydrogens is 382 g/mol. The lowest BCUT2D eigenvalue weighted by atomic mass is 10.2. The predicted molar refractivity (Wildman–Crippen MR) is 108 cm³/mol. The van der Waals surface area contributed by atoms with Crippen molar-refractivity contribution in [2.75, 3.05) is 13.2 Å². The van der Waals surface area contributed by atoms with Crippen LogP contribution < -0.4 is 20.2 Å². The zero-order valence-corrected chi connectivity index (χ0v) is 16.5. The number of carbonyl (C=O) groups is 2. The number of amides is 2. The molecule has 0 spiro atoms. The fourth-order valence-corrected chi connectivity index (χ4v) is 2.32. The summed E-state index contributed by atoms with van der Waals surface area (Å²) in [7, 11) is 0. The van der Waals surface area contributed by atoms with Gasteiger partial charge in [0.15, 0.2) is 11.5 Å². The largest absolute Gasteiger partial charge is 0.490 e. The highest BCUT2D eigenvalue weighted by atomic mass is 35.5. The second kappa shape index (κ2) is 10.9. The predicted octanol–water partition coefficient (Wildman–Crippen LogP) is 2.90. The van der Waals surface area contributed by atoms with Crippen LogP contribution in [0.5, 0.6) is 11.5 Å². The van der Waals surface area contributed by atoms with Crippen molar-refractivity contribution in [3.8, 4) is 11.5 Å². The number of hydrogen-bond acceptors (Lipinski definition) is 5. The molecule has 2 amide bonds. The molecule has 148 valence electrons. The molecule has 0 unspecified atom stereocenters. The van der Waals surface area contributed by atoms with Crippen LogP contribution in [-0.4, -0.2) is 31.2 Å². The lowest BCUT2D eigenvalue weighted by Crippen LogP contribution is -2.37. The molecule has 2 rings (SSSR count). The average Bonchev–Trinajstić information content (AvgIpc) is 2.69. The lowest BCUT2D eigenvalue weighted by Gasteiger charge is -2.12. The molecule has 0 atom stereocenters. The van der Waals surface area contributed by atoms with Crippen molar-refractivity contribution >= 4 is 29.6 Å². The maximum Gasteiger partial charge on any atom is 0.329 e. The molecule has 0 aliphatic heterocycles. The standard InChI is InChI=1S/C20H22ClN3O4/c1-3-22-19(25)20(26)24-23-12-15-7-10-17(18(11-15)27-4-2)28-13-14-5-8-16(21)9-6-14/h5-12H,3-4,13H2,1-2H3,(H,22,25)(H,24,26)/b23-12-. The normalized spacial score (nSPS) is 10.5. The van der Waals surface area contributed by atoms with E-state index >= 15 is 0 Å². The maximum atomic E-state index is 11.5. The fourth-order valence-electron chi connectivity index (χ4n) is 2.19. The van der Waals surface area contributed by atoms with Crippen molar-refractivity contribution in [2.24, 2.45) is 5.10 Å². The number of benzene rings is 2. The average molecular weight is 404 g/mol. The zero-order chi connectivity index (χ0) is 20.4. The van der Waals surface area contributed by atoms with Gasteiger partial charge < -0.3 is 14.8 Å². The Bertz CT molecular complexity index is 838. The molecule has 0 fully saturated rings. The van der Waals surface area contributed by atoms with E-state index in [1.165, 1.54) is 6.21 Å². The van der Waals surface area contributed by atoms with Crippen LogP contribution in [0.15, 0.2) is 47.6 Å². The van der Waals surface area contributed by atoms with Crippen molar-refractivity contribution in [1.29, 1.82) is 0 Å². The lowest BCUT2D eigenvalue weighted by molar-refractivity contribution is -0.139. The summed E-state index contributed by atoms with van der Waals surface area (Å²) in [5, 5.41) is 6.84. The van der Waals surface area contributed by atoms with Gasteiger partial charge in [-0.2, -0.15) is 5.10 Å². The molecule has 28 heavy (non-hydrogen) atoms. The second-order valence-corrected chi connectivity index (χ2v) is 6.05. The first-order chi connectivity index (χ1) is 13.5. The minimum absolute atomic E-state index is 0.366. The molecule has 0 heterocycles. The number of hydrazone groups is 1. The molecule has 2 N–H and O–H groups in total. The maximum absolute atomic E-state index is 11.5. The summed E-state index contributed by atoms with van der Waals surface area (Å²) in [5.74, 6) is -0.428. The summed E-state index contributed by atoms with van der Waals surface area (Å²) >= 11 is 5.89. The van der Waals surface area contributed by atoms with Crippen LogP contribution >= 0.6 is 11.6 Å². The Morgan fingerprint density at radius 2 is 1.79 bits per heavy atom. The highest BCUT2D eigenvalue weighted by Crippen LogP contribution is 2.29. The van der Waals surface area contributed by atoms with Gasteiger partial charge in [0, 0.05) is 11.6 Å². The van der Waals surface area contributed by atoms with Crippen molar-refractivity contribution in [1.82, 2.24) is 10.7 Å². The Hall–Kier alpha value is -3.06. The number of ether oxygens (including phenoxy) is 2. The molecule has 0 aliphatic carbocycles. The van der Waals surface area contributed by atoms with E-state index in [-0.39, 0.29) is 0 Å². The monoisotopic (exact) mass is 403 g/mol. The summed E-state index contributed by atoms with van der Waals surface area (Å²) < 4.78 is 11.5. The van der Waals surface area contributed by atoms with Gasteiger partial charge in [-0.25, -0.2) is 5.43 Å². The van der Waals surface area contributed by atoms with Crippen LogP contribution in [0.2, 0.25) is 5.02 Å². The molecule has 2 aromatic carbocycles. The van der Waals surface area contributed by atoms with E-state index in [9.17, 15) is 9.59 Å². The molecule has 7 nitrogen and oxygen atoms in total. The third kappa shape index (κ3) is 6.59. The van der Waals surface area contributed by atoms with Gasteiger partial charge in [0.1, 0.15) is 6.61 Å². The Kier molecular flexibility index (Phi) is 8.30. The summed E-state index contributed by atoms with van der Waals surface area (Å²) in [6.45, 7) is 4.79. The van der Waals surface area contributed by atoms with Gasteiger partial charge in [0.25, 0.3) is 0 Å². The molecule has 0 bridgehead atoms. The highest BCUT2D eigenvalue weighted by molar-refractivity contribution is 6.35. The molecule has 2 aromatic rings. The number of halogens is 1. The van der Waals surface area contributed by atoms with E-state index in [1.807, 2.05) is 19.1 Å². The Morgan fingerprint density at radius 3 is 2.46 bits per heavy atom. The van der Waals surface area contributed by atoms with Crippen molar-refractivity contribution in [2.45, 2.75) is 20.5 Å². The minimum Gasteiger partial charge on any atom is -0.490 e. The van der Waals surface area contributed by atoms with Gasteiger partial charge in [-0.15, -0.1) is 0 Å². The molecule has 0 aromatic heterocycles. The van der Waals surface area contributed by atoms with Crippen LogP contribution in [0.1, 0.15) is 25.0 Å². The molecule has 0 saturated carbocycles. The zero-order valence-electron chi connectivity index (χ0n) is 15.7. The number of hydrogen-bond donors (Lipinski definition) is 2. The van der Waals surface area contributed by atoms with Gasteiger partial charge in [-0.05, 0) is 55.3 Å². The van der Waals surface area contributed by atoms with E-state index in [4.69, 9.17) is 21.1 Å². The van der Waals surface area contributed by atoms with E-state index < -0.39 is 11.8 Å². The third-order valence-electron chi connectivity index (χ3n) is 3.50. The first-order valence-corrected chi connectivity index (χ1v) is 9.16. The van der Waals surface area contributed by atoms with Gasteiger partial charge >= 0.3 is 11.8 Å². The van der Waals surface area contributed by atoms with Crippen molar-refractivity contribution < 1.29 is 19.1 Å². The quantitative estimate of drug-likeness (QED) is 0.403. The van der Waals surface area contributed by atoms with Crippen LogP contribution in [0.25, 0.3) is 0 Å². The van der Waals surface area contributed by atoms with E-state index in [2.05, 4.69) is 15.8 Å². The van der Waals surface area contributed by atoms with E-state index in [0.717, 1.165) is 5.56 Å². The van der Waals surface area contributed by atoms with Gasteiger partial charge in [0.2, 0.25) is 0 Å². The summed E-state index contributed by atoms with van der Waals surface area (Å²) in [5.41, 5.74) is 3.83. The third-order valence-corrected chi connectivity index (χ3v) is 3.75. The van der Waals surface area contributed by atoms with E-state index in [1.54, 1.807) is 37.3 Å². The first kappa shape index (κ1) is 21.2. The van der Waals surface area contributed by atoms with Gasteiger partial charge in [-0.1, -0.05) is 23.7 Å². The number of rotatable bonds is 8. The second-order valence-electron chi connectivity index (χ2n) is 5.61. The van der Waals surface area contributed by atoms with Gasteiger partial charge in [0.05, 0.1) is 12.8 Å². The Labute approximate surface area is 168 Å². The minimum atomic E-state index is -0.828.